The smallest absolute Gasteiger partial charge is 0.234 e. The first-order valence-electron chi connectivity index (χ1n) is 7.07. The molecule has 1 aromatic rings. The maximum Gasteiger partial charge on any atom is 0.234 e. The number of benzene rings is 1. The summed E-state index contributed by atoms with van der Waals surface area (Å²) in [4.78, 5) is 14.0. The van der Waals surface area contributed by atoms with Crippen molar-refractivity contribution >= 4 is 18.3 Å². The number of nitrogens with one attached hydrogen (secondary N) is 2. The lowest BCUT2D eigenvalue weighted by Crippen LogP contribution is -2.45. The van der Waals surface area contributed by atoms with E-state index in [4.69, 9.17) is 0 Å². The van der Waals surface area contributed by atoms with Gasteiger partial charge in [-0.1, -0.05) is 12.1 Å². The third-order valence-electron chi connectivity index (χ3n) is 3.73. The first-order valence-corrected chi connectivity index (χ1v) is 7.07. The van der Waals surface area contributed by atoms with Gasteiger partial charge in [0.2, 0.25) is 5.91 Å². The first kappa shape index (κ1) is 17.9. The molecule has 118 valence electrons. The number of nitrogens with zero attached hydrogens (tertiary/aromatic N) is 1. The van der Waals surface area contributed by atoms with E-state index >= 15 is 0 Å². The molecule has 21 heavy (non-hydrogen) atoms. The average Bonchev–Trinajstić information content (AvgIpc) is 2.47. The molecular weight excluding hydrogens is 293 g/mol. The summed E-state index contributed by atoms with van der Waals surface area (Å²) in [5.74, 6) is -0.249. The summed E-state index contributed by atoms with van der Waals surface area (Å²) < 4.78 is 12.8. The summed E-state index contributed by atoms with van der Waals surface area (Å²) in [5, 5.41) is 6.19. The van der Waals surface area contributed by atoms with Gasteiger partial charge in [0, 0.05) is 12.6 Å². The van der Waals surface area contributed by atoms with Gasteiger partial charge in [-0.3, -0.25) is 9.69 Å². The molecule has 4 nitrogen and oxygen atoms in total. The van der Waals surface area contributed by atoms with E-state index in [9.17, 15) is 9.18 Å². The fourth-order valence-electron chi connectivity index (χ4n) is 2.46. The van der Waals surface area contributed by atoms with E-state index in [2.05, 4.69) is 15.5 Å². The highest BCUT2D eigenvalue weighted by molar-refractivity contribution is 5.85. The van der Waals surface area contributed by atoms with Gasteiger partial charge in [0.25, 0.3) is 0 Å². The highest BCUT2D eigenvalue weighted by Crippen LogP contribution is 2.09. The number of hydrogen-bond donors (Lipinski definition) is 2. The van der Waals surface area contributed by atoms with Gasteiger partial charge in [-0.2, -0.15) is 0 Å². The van der Waals surface area contributed by atoms with Crippen LogP contribution in [0.15, 0.2) is 24.3 Å². The van der Waals surface area contributed by atoms with Crippen molar-refractivity contribution in [3.8, 4) is 0 Å². The molecular formula is C15H23ClFN3O. The van der Waals surface area contributed by atoms with Crippen molar-refractivity contribution in [2.45, 2.75) is 25.4 Å². The Bertz CT molecular complexity index is 435. The summed E-state index contributed by atoms with van der Waals surface area (Å²) in [6.07, 6.45) is 2.17. The Kier molecular flexibility index (Phi) is 7.64. The van der Waals surface area contributed by atoms with Crippen LogP contribution in [0.5, 0.6) is 0 Å². The van der Waals surface area contributed by atoms with Gasteiger partial charge in [0.15, 0.2) is 0 Å². The zero-order chi connectivity index (χ0) is 14.4. The van der Waals surface area contributed by atoms with Crippen LogP contribution >= 0.6 is 12.4 Å². The molecule has 0 aliphatic carbocycles. The third-order valence-corrected chi connectivity index (χ3v) is 3.73. The van der Waals surface area contributed by atoms with Gasteiger partial charge >= 0.3 is 0 Å². The molecule has 1 aromatic carbocycles. The monoisotopic (exact) mass is 315 g/mol. The molecule has 1 fully saturated rings. The van der Waals surface area contributed by atoms with E-state index < -0.39 is 0 Å². The molecule has 1 aliphatic rings. The number of hydrogen-bond acceptors (Lipinski definition) is 3. The number of rotatable bonds is 5. The molecule has 6 heteroatoms. The van der Waals surface area contributed by atoms with Gasteiger partial charge < -0.3 is 10.6 Å². The van der Waals surface area contributed by atoms with Gasteiger partial charge in [0.05, 0.1) is 6.54 Å². The minimum absolute atomic E-state index is 0. The fourth-order valence-corrected chi connectivity index (χ4v) is 2.46. The minimum atomic E-state index is -0.259. The number of halogens is 2. The molecule has 2 rings (SSSR count). The Morgan fingerprint density at radius 1 is 1.33 bits per heavy atom. The summed E-state index contributed by atoms with van der Waals surface area (Å²) in [7, 11) is 1.99. The number of carbonyl (C=O) groups is 1. The quantitative estimate of drug-likeness (QED) is 0.866. The Labute approximate surface area is 131 Å². The van der Waals surface area contributed by atoms with Crippen molar-refractivity contribution in [1.29, 1.82) is 0 Å². The van der Waals surface area contributed by atoms with E-state index in [1.807, 2.05) is 7.05 Å². The van der Waals surface area contributed by atoms with Crippen molar-refractivity contribution in [3.63, 3.8) is 0 Å². The maximum atomic E-state index is 12.8. The van der Waals surface area contributed by atoms with Crippen LogP contribution in [0.3, 0.4) is 0 Å². The maximum absolute atomic E-state index is 12.8. The normalized spacial score (nSPS) is 15.6. The molecule has 0 atom stereocenters. The van der Waals surface area contributed by atoms with E-state index in [0.717, 1.165) is 31.5 Å². The summed E-state index contributed by atoms with van der Waals surface area (Å²) in [6, 6.07) is 6.66. The number of likely N-dealkylation sites (N-methyl/N-ethyl adjacent to an activating group) is 1. The summed E-state index contributed by atoms with van der Waals surface area (Å²) >= 11 is 0. The molecule has 0 aromatic heterocycles. The minimum Gasteiger partial charge on any atom is -0.351 e. The van der Waals surface area contributed by atoms with Crippen molar-refractivity contribution < 1.29 is 9.18 Å². The van der Waals surface area contributed by atoms with E-state index in [1.165, 1.54) is 12.1 Å². The average molecular weight is 316 g/mol. The third kappa shape index (κ3) is 5.99. The van der Waals surface area contributed by atoms with Crippen LogP contribution in [0.2, 0.25) is 0 Å². The Morgan fingerprint density at radius 3 is 2.57 bits per heavy atom. The lowest BCUT2D eigenvalue weighted by molar-refractivity contribution is -0.122. The molecule has 0 saturated carbocycles. The molecule has 0 unspecified atom stereocenters. The SMILES string of the molecule is CN(CC(=O)NCc1ccc(F)cc1)C1CCNCC1.Cl. The van der Waals surface area contributed by atoms with Crippen molar-refractivity contribution in [1.82, 2.24) is 15.5 Å². The number of piperidine rings is 1. The van der Waals surface area contributed by atoms with Crippen molar-refractivity contribution in [3.05, 3.63) is 35.6 Å². The van der Waals surface area contributed by atoms with Gasteiger partial charge in [0.1, 0.15) is 5.82 Å². The molecule has 1 aliphatic heterocycles. The molecule has 1 heterocycles. The Hall–Kier alpha value is -1.17. The van der Waals surface area contributed by atoms with Gasteiger partial charge in [-0.05, 0) is 50.7 Å². The van der Waals surface area contributed by atoms with Crippen LogP contribution in [-0.2, 0) is 11.3 Å². The van der Waals surface area contributed by atoms with Crippen LogP contribution < -0.4 is 10.6 Å². The lowest BCUT2D eigenvalue weighted by Gasteiger charge is -2.31. The van der Waals surface area contributed by atoms with Crippen LogP contribution in [0, 0.1) is 5.82 Å². The first-order chi connectivity index (χ1) is 9.65. The standard InChI is InChI=1S/C15H22FN3O.ClH/c1-19(14-6-8-17-9-7-14)11-15(20)18-10-12-2-4-13(16)5-3-12;/h2-5,14,17H,6-11H2,1H3,(H,18,20);1H. The Morgan fingerprint density at radius 2 is 1.95 bits per heavy atom. The van der Waals surface area contributed by atoms with Crippen molar-refractivity contribution in [2.24, 2.45) is 0 Å². The predicted molar refractivity (Wildman–Crippen MR) is 84.0 cm³/mol. The molecule has 0 bridgehead atoms. The second-order valence-electron chi connectivity index (χ2n) is 5.30. The highest BCUT2D eigenvalue weighted by Gasteiger charge is 2.19. The van der Waals surface area contributed by atoms with E-state index in [1.54, 1.807) is 12.1 Å². The molecule has 1 saturated heterocycles. The van der Waals surface area contributed by atoms with Gasteiger partial charge in [-0.15, -0.1) is 12.4 Å². The zero-order valence-electron chi connectivity index (χ0n) is 12.3. The summed E-state index contributed by atoms with van der Waals surface area (Å²) in [5.41, 5.74) is 0.907. The highest BCUT2D eigenvalue weighted by atomic mass is 35.5. The molecule has 1 amide bonds. The zero-order valence-corrected chi connectivity index (χ0v) is 13.1. The second-order valence-corrected chi connectivity index (χ2v) is 5.30. The van der Waals surface area contributed by atoms with Crippen LogP contribution in [0.1, 0.15) is 18.4 Å². The number of amides is 1. The Balaban J connectivity index is 0.00000220. The second kappa shape index (κ2) is 8.97. The molecule has 0 spiro atoms. The van der Waals surface area contributed by atoms with Crippen LogP contribution in [0.25, 0.3) is 0 Å². The molecule has 2 N–H and O–H groups in total. The lowest BCUT2D eigenvalue weighted by atomic mass is 10.1. The number of carbonyl (C=O) groups excluding carboxylic acids is 1. The van der Waals surface area contributed by atoms with Gasteiger partial charge in [-0.25, -0.2) is 4.39 Å². The fraction of sp³-hybridized carbons (Fsp3) is 0.533. The molecule has 0 radical (unpaired) electrons. The predicted octanol–water partition coefficient (Wildman–Crippen LogP) is 1.55. The largest absolute Gasteiger partial charge is 0.351 e. The van der Waals surface area contributed by atoms with Crippen LogP contribution in [-0.4, -0.2) is 43.5 Å². The summed E-state index contributed by atoms with van der Waals surface area (Å²) in [6.45, 7) is 2.89. The van der Waals surface area contributed by atoms with Crippen LogP contribution in [0.4, 0.5) is 4.39 Å². The van der Waals surface area contributed by atoms with E-state index in [-0.39, 0.29) is 24.1 Å². The van der Waals surface area contributed by atoms with Crippen molar-refractivity contribution in [2.75, 3.05) is 26.7 Å². The topological polar surface area (TPSA) is 44.4 Å². The van der Waals surface area contributed by atoms with E-state index in [0.29, 0.717) is 19.1 Å².